The lowest BCUT2D eigenvalue weighted by Crippen LogP contribution is -2.03. The van der Waals surface area contributed by atoms with Crippen molar-refractivity contribution in [2.75, 3.05) is 5.73 Å². The molecule has 16 heavy (non-hydrogen) atoms. The fourth-order valence-electron chi connectivity index (χ4n) is 1.92. The molecular formula is C12H13NO2S. The fourth-order valence-corrected chi connectivity index (χ4v) is 2.87. The topological polar surface area (TPSA) is 63.3 Å². The van der Waals surface area contributed by atoms with E-state index >= 15 is 0 Å². The Morgan fingerprint density at radius 3 is 2.81 bits per heavy atom. The van der Waals surface area contributed by atoms with Gasteiger partial charge in [0.1, 0.15) is 10.6 Å². The number of anilines is 1. The Hall–Kier alpha value is -1.55. The molecule has 1 aliphatic carbocycles. The number of thiophene rings is 1. The Morgan fingerprint density at radius 2 is 2.25 bits per heavy atom. The zero-order valence-corrected chi connectivity index (χ0v) is 9.80. The first-order chi connectivity index (χ1) is 7.61. The van der Waals surface area contributed by atoms with E-state index in [1.807, 2.05) is 13.0 Å². The molecule has 0 aromatic carbocycles. The van der Waals surface area contributed by atoms with E-state index in [1.54, 1.807) is 0 Å². The van der Waals surface area contributed by atoms with Crippen LogP contribution >= 0.6 is 11.3 Å². The summed E-state index contributed by atoms with van der Waals surface area (Å²) in [4.78, 5) is 12.1. The van der Waals surface area contributed by atoms with E-state index in [1.165, 1.54) is 11.3 Å². The fraction of sp³-hybridized carbons (Fsp3) is 0.250. The smallest absolute Gasteiger partial charge is 0.339 e. The van der Waals surface area contributed by atoms with Crippen LogP contribution in [0, 0.1) is 6.92 Å². The second kappa shape index (κ2) is 4.14. The average Bonchev–Trinajstić information content (AvgIpc) is 2.55. The zero-order chi connectivity index (χ0) is 11.7. The van der Waals surface area contributed by atoms with Crippen molar-refractivity contribution in [3.63, 3.8) is 0 Å². The highest BCUT2D eigenvalue weighted by Crippen LogP contribution is 2.36. The number of aromatic carboxylic acids is 1. The number of nitrogen functional groups attached to an aromatic ring is 1. The maximum atomic E-state index is 11.2. The van der Waals surface area contributed by atoms with Crippen LogP contribution in [-0.2, 0) is 0 Å². The van der Waals surface area contributed by atoms with E-state index in [2.05, 4.69) is 12.2 Å². The van der Waals surface area contributed by atoms with E-state index in [-0.39, 0.29) is 5.56 Å². The third kappa shape index (κ3) is 1.76. The second-order valence-electron chi connectivity index (χ2n) is 3.72. The molecular weight excluding hydrogens is 222 g/mol. The number of allylic oxidation sites excluding steroid dienone is 4. The van der Waals surface area contributed by atoms with Gasteiger partial charge in [-0.2, -0.15) is 0 Å². The van der Waals surface area contributed by atoms with Crippen LogP contribution in [0.5, 0.6) is 0 Å². The third-order valence-corrected chi connectivity index (χ3v) is 3.54. The molecule has 0 unspecified atom stereocenters. The molecule has 3 N–H and O–H groups in total. The van der Waals surface area contributed by atoms with Crippen LogP contribution in [0.2, 0.25) is 0 Å². The normalized spacial score (nSPS) is 14.9. The Kier molecular flexibility index (Phi) is 2.83. The van der Waals surface area contributed by atoms with Crippen molar-refractivity contribution >= 4 is 27.9 Å². The van der Waals surface area contributed by atoms with E-state index in [9.17, 15) is 4.79 Å². The maximum absolute atomic E-state index is 11.2. The number of hydrogen-bond acceptors (Lipinski definition) is 3. The number of hydrogen-bond donors (Lipinski definition) is 2. The quantitative estimate of drug-likeness (QED) is 0.828. The van der Waals surface area contributed by atoms with Gasteiger partial charge in [-0.05, 0) is 25.3 Å². The summed E-state index contributed by atoms with van der Waals surface area (Å²) in [5.41, 5.74) is 7.75. The first-order valence-electron chi connectivity index (χ1n) is 5.10. The second-order valence-corrected chi connectivity index (χ2v) is 4.97. The minimum Gasteiger partial charge on any atom is -0.478 e. The number of carboxylic acids is 1. The van der Waals surface area contributed by atoms with Gasteiger partial charge in [-0.3, -0.25) is 0 Å². The molecule has 1 aromatic rings. The van der Waals surface area contributed by atoms with Crippen molar-refractivity contribution in [3.05, 3.63) is 34.2 Å². The number of carbonyl (C=O) groups is 1. The van der Waals surface area contributed by atoms with Crippen LogP contribution in [0.4, 0.5) is 5.00 Å². The van der Waals surface area contributed by atoms with Crippen LogP contribution in [0.15, 0.2) is 18.2 Å². The highest BCUT2D eigenvalue weighted by atomic mass is 32.1. The van der Waals surface area contributed by atoms with Crippen LogP contribution in [0.3, 0.4) is 0 Å². The van der Waals surface area contributed by atoms with Crippen molar-refractivity contribution in [1.29, 1.82) is 0 Å². The number of carboxylic acid groups (broad SMARTS) is 1. The summed E-state index contributed by atoms with van der Waals surface area (Å²) in [5.74, 6) is -0.947. The molecule has 0 bridgehead atoms. The van der Waals surface area contributed by atoms with Gasteiger partial charge >= 0.3 is 5.97 Å². The minimum atomic E-state index is -0.947. The maximum Gasteiger partial charge on any atom is 0.339 e. The molecule has 84 valence electrons. The molecule has 0 saturated carbocycles. The van der Waals surface area contributed by atoms with Crippen molar-refractivity contribution < 1.29 is 9.90 Å². The van der Waals surface area contributed by atoms with Gasteiger partial charge in [0.25, 0.3) is 0 Å². The lowest BCUT2D eigenvalue weighted by Gasteiger charge is -2.08. The SMILES string of the molecule is Cc1sc(N)c(C(=O)O)c1C1=CCCC=C1. The molecule has 0 amide bonds. The summed E-state index contributed by atoms with van der Waals surface area (Å²) in [5, 5.41) is 9.55. The number of aryl methyl sites for hydroxylation is 1. The van der Waals surface area contributed by atoms with Gasteiger partial charge in [0.15, 0.2) is 0 Å². The molecule has 1 aromatic heterocycles. The molecule has 0 aliphatic heterocycles. The Bertz CT molecular complexity index is 497. The first-order valence-corrected chi connectivity index (χ1v) is 5.92. The molecule has 1 heterocycles. The number of rotatable bonds is 2. The van der Waals surface area contributed by atoms with Crippen molar-refractivity contribution in [1.82, 2.24) is 0 Å². The summed E-state index contributed by atoms with van der Waals surface area (Å²) in [6, 6.07) is 0. The van der Waals surface area contributed by atoms with E-state index in [0.29, 0.717) is 5.00 Å². The average molecular weight is 235 g/mol. The molecule has 2 rings (SSSR count). The van der Waals surface area contributed by atoms with Gasteiger partial charge in [-0.1, -0.05) is 18.2 Å². The standard InChI is InChI=1S/C12H13NO2S/c1-7-9(8-5-3-2-4-6-8)10(12(14)15)11(13)16-7/h3,5-6H,2,4,13H2,1H3,(H,14,15). The van der Waals surface area contributed by atoms with Crippen molar-refractivity contribution in [2.45, 2.75) is 19.8 Å². The molecule has 0 spiro atoms. The monoisotopic (exact) mass is 235 g/mol. The summed E-state index contributed by atoms with van der Waals surface area (Å²) < 4.78 is 0. The Labute approximate surface area is 97.9 Å². The van der Waals surface area contributed by atoms with Gasteiger partial charge in [-0.15, -0.1) is 11.3 Å². The van der Waals surface area contributed by atoms with E-state index in [0.717, 1.165) is 28.9 Å². The Morgan fingerprint density at radius 1 is 1.50 bits per heavy atom. The molecule has 0 radical (unpaired) electrons. The predicted octanol–water partition coefficient (Wildman–Crippen LogP) is 3.07. The molecule has 0 fully saturated rings. The predicted molar refractivity (Wildman–Crippen MR) is 66.8 cm³/mol. The van der Waals surface area contributed by atoms with Crippen LogP contribution in [0.25, 0.3) is 5.57 Å². The highest BCUT2D eigenvalue weighted by Gasteiger charge is 2.21. The van der Waals surface area contributed by atoms with E-state index in [4.69, 9.17) is 10.8 Å². The van der Waals surface area contributed by atoms with Gasteiger partial charge in [0.2, 0.25) is 0 Å². The summed E-state index contributed by atoms with van der Waals surface area (Å²) in [7, 11) is 0. The van der Waals surface area contributed by atoms with Crippen LogP contribution in [0.1, 0.15) is 33.6 Å². The van der Waals surface area contributed by atoms with Crippen LogP contribution < -0.4 is 5.73 Å². The Balaban J connectivity index is 2.59. The molecule has 4 heteroatoms. The van der Waals surface area contributed by atoms with E-state index < -0.39 is 5.97 Å². The summed E-state index contributed by atoms with van der Waals surface area (Å²) >= 11 is 1.34. The third-order valence-electron chi connectivity index (χ3n) is 2.61. The van der Waals surface area contributed by atoms with Gasteiger partial charge in [-0.25, -0.2) is 4.79 Å². The lowest BCUT2D eigenvalue weighted by molar-refractivity contribution is 0.0698. The van der Waals surface area contributed by atoms with Crippen LogP contribution in [-0.4, -0.2) is 11.1 Å². The highest BCUT2D eigenvalue weighted by molar-refractivity contribution is 7.16. The van der Waals surface area contributed by atoms with Crippen molar-refractivity contribution in [3.8, 4) is 0 Å². The van der Waals surface area contributed by atoms with Gasteiger partial charge < -0.3 is 10.8 Å². The lowest BCUT2D eigenvalue weighted by atomic mass is 9.96. The molecule has 0 saturated heterocycles. The van der Waals surface area contributed by atoms with Crippen molar-refractivity contribution in [2.24, 2.45) is 0 Å². The molecule has 0 atom stereocenters. The molecule has 1 aliphatic rings. The van der Waals surface area contributed by atoms with Gasteiger partial charge in [0, 0.05) is 10.4 Å². The zero-order valence-electron chi connectivity index (χ0n) is 8.99. The first kappa shape index (κ1) is 11.0. The summed E-state index contributed by atoms with van der Waals surface area (Å²) in [6.45, 7) is 1.91. The largest absolute Gasteiger partial charge is 0.478 e. The summed E-state index contributed by atoms with van der Waals surface area (Å²) in [6.07, 6.45) is 8.09. The number of nitrogens with two attached hydrogens (primary N) is 1. The minimum absolute atomic E-state index is 0.250. The van der Waals surface area contributed by atoms with Gasteiger partial charge in [0.05, 0.1) is 0 Å². The molecule has 3 nitrogen and oxygen atoms in total.